The van der Waals surface area contributed by atoms with E-state index in [0.29, 0.717) is 25.5 Å². The molecule has 0 atom stereocenters. The van der Waals surface area contributed by atoms with Gasteiger partial charge >= 0.3 is 0 Å². The second kappa shape index (κ2) is 12.3. The molecule has 2 N–H and O–H groups in total. The lowest BCUT2D eigenvalue weighted by Crippen LogP contribution is -2.38. The summed E-state index contributed by atoms with van der Waals surface area (Å²) in [5, 5.41) is 10.5. The predicted octanol–water partition coefficient (Wildman–Crippen LogP) is 3.43. The number of hydrogen-bond acceptors (Lipinski definition) is 4. The predicted molar refractivity (Wildman–Crippen MR) is 121 cm³/mol. The SMILES string of the molecule is CCNC(=NCc1ccsc1)NCCCS(=O)(=O)Cc1ccccc1.I. The third kappa shape index (κ3) is 9.00. The number of benzene rings is 1. The minimum Gasteiger partial charge on any atom is -0.357 e. The number of thiophene rings is 1. The van der Waals surface area contributed by atoms with Gasteiger partial charge < -0.3 is 10.6 Å². The molecule has 0 amide bonds. The van der Waals surface area contributed by atoms with Gasteiger partial charge in [0.05, 0.1) is 18.1 Å². The first-order valence-corrected chi connectivity index (χ1v) is 11.1. The normalized spacial score (nSPS) is 11.7. The highest BCUT2D eigenvalue weighted by Gasteiger charge is 2.11. The number of guanidine groups is 1. The quantitative estimate of drug-likeness (QED) is 0.236. The first kappa shape index (κ1) is 22.9. The fourth-order valence-electron chi connectivity index (χ4n) is 2.29. The van der Waals surface area contributed by atoms with Crippen LogP contribution in [0.5, 0.6) is 0 Å². The zero-order chi connectivity index (χ0) is 18.0. The van der Waals surface area contributed by atoms with Crippen molar-refractivity contribution in [1.29, 1.82) is 0 Å². The Morgan fingerprint density at radius 1 is 1.12 bits per heavy atom. The van der Waals surface area contributed by atoms with E-state index in [1.54, 1.807) is 11.3 Å². The van der Waals surface area contributed by atoms with E-state index in [9.17, 15) is 8.42 Å². The molecular weight excluding hydrogens is 481 g/mol. The van der Waals surface area contributed by atoms with Crippen molar-refractivity contribution in [1.82, 2.24) is 10.6 Å². The van der Waals surface area contributed by atoms with Gasteiger partial charge in [-0.1, -0.05) is 30.3 Å². The summed E-state index contributed by atoms with van der Waals surface area (Å²) < 4.78 is 24.4. The Morgan fingerprint density at radius 2 is 1.88 bits per heavy atom. The van der Waals surface area contributed by atoms with E-state index in [2.05, 4.69) is 21.0 Å². The first-order chi connectivity index (χ1) is 12.1. The van der Waals surface area contributed by atoms with Crippen molar-refractivity contribution in [2.45, 2.75) is 25.6 Å². The summed E-state index contributed by atoms with van der Waals surface area (Å²) in [7, 11) is -3.09. The number of nitrogens with one attached hydrogen (secondary N) is 2. The number of halogens is 1. The lowest BCUT2D eigenvalue weighted by molar-refractivity contribution is 0.591. The van der Waals surface area contributed by atoms with Gasteiger partial charge in [-0.2, -0.15) is 11.3 Å². The Bertz CT molecular complexity index is 748. The number of aliphatic imine (C=N–C) groups is 1. The highest BCUT2D eigenvalue weighted by Crippen LogP contribution is 2.08. The van der Waals surface area contributed by atoms with E-state index in [1.807, 2.05) is 48.7 Å². The molecule has 0 aliphatic heterocycles. The smallest absolute Gasteiger partial charge is 0.191 e. The maximum Gasteiger partial charge on any atom is 0.191 e. The maximum atomic E-state index is 12.2. The van der Waals surface area contributed by atoms with Crippen LogP contribution < -0.4 is 10.6 Å². The van der Waals surface area contributed by atoms with Crippen LogP contribution in [0.15, 0.2) is 52.2 Å². The van der Waals surface area contributed by atoms with Gasteiger partial charge in [0.25, 0.3) is 0 Å². The van der Waals surface area contributed by atoms with Crippen LogP contribution >= 0.6 is 35.3 Å². The molecule has 0 aliphatic carbocycles. The van der Waals surface area contributed by atoms with E-state index in [4.69, 9.17) is 0 Å². The van der Waals surface area contributed by atoms with E-state index < -0.39 is 9.84 Å². The molecule has 0 unspecified atom stereocenters. The minimum absolute atomic E-state index is 0. The van der Waals surface area contributed by atoms with Gasteiger partial charge in [0, 0.05) is 13.1 Å². The standard InChI is InChI=1S/C18H25N3O2S2.HI/c1-2-19-18(21-13-17-9-11-24-14-17)20-10-6-12-25(22,23)15-16-7-4-3-5-8-16;/h3-5,7-9,11,14H,2,6,10,12-13,15H2,1H3,(H2,19,20,21);1H. The van der Waals surface area contributed by atoms with Crippen LogP contribution in [0, 0.1) is 0 Å². The Hall–Kier alpha value is -1.13. The molecule has 1 aromatic carbocycles. The van der Waals surface area contributed by atoms with Crippen molar-refractivity contribution >= 4 is 51.1 Å². The van der Waals surface area contributed by atoms with Crippen LogP contribution in [0.1, 0.15) is 24.5 Å². The summed E-state index contributed by atoms with van der Waals surface area (Å²) in [4.78, 5) is 4.51. The molecule has 8 heteroatoms. The summed E-state index contributed by atoms with van der Waals surface area (Å²) in [5.41, 5.74) is 2.01. The van der Waals surface area contributed by atoms with Crippen LogP contribution in [-0.4, -0.2) is 33.2 Å². The van der Waals surface area contributed by atoms with Gasteiger partial charge in [0.2, 0.25) is 0 Å². The molecule has 0 spiro atoms. The van der Waals surface area contributed by atoms with Gasteiger partial charge in [0.15, 0.2) is 15.8 Å². The Labute approximate surface area is 177 Å². The van der Waals surface area contributed by atoms with Crippen LogP contribution in [0.4, 0.5) is 0 Å². The molecule has 1 heterocycles. The van der Waals surface area contributed by atoms with Crippen molar-refractivity contribution in [3.63, 3.8) is 0 Å². The zero-order valence-corrected chi connectivity index (χ0v) is 18.8. The highest BCUT2D eigenvalue weighted by atomic mass is 127. The van der Waals surface area contributed by atoms with Gasteiger partial charge in [-0.25, -0.2) is 13.4 Å². The van der Waals surface area contributed by atoms with E-state index >= 15 is 0 Å². The fourth-order valence-corrected chi connectivity index (χ4v) is 4.38. The van der Waals surface area contributed by atoms with Gasteiger partial charge in [0.1, 0.15) is 0 Å². The second-order valence-corrected chi connectivity index (χ2v) is 8.65. The Balaban J connectivity index is 0.00000338. The molecule has 2 aromatic rings. The maximum absolute atomic E-state index is 12.2. The number of nitrogens with zero attached hydrogens (tertiary/aromatic N) is 1. The zero-order valence-electron chi connectivity index (χ0n) is 14.8. The minimum atomic E-state index is -3.09. The van der Waals surface area contributed by atoms with Crippen molar-refractivity contribution < 1.29 is 8.42 Å². The summed E-state index contributed by atoms with van der Waals surface area (Å²) in [5.74, 6) is 0.980. The van der Waals surface area contributed by atoms with E-state index in [-0.39, 0.29) is 35.5 Å². The summed E-state index contributed by atoms with van der Waals surface area (Å²) in [6.45, 7) is 3.96. The van der Waals surface area contributed by atoms with Gasteiger partial charge in [-0.15, -0.1) is 24.0 Å². The van der Waals surface area contributed by atoms with Crippen molar-refractivity contribution in [2.75, 3.05) is 18.8 Å². The topological polar surface area (TPSA) is 70.6 Å². The van der Waals surface area contributed by atoms with Crippen LogP contribution in [0.3, 0.4) is 0 Å². The van der Waals surface area contributed by atoms with Gasteiger partial charge in [-0.05, 0) is 41.3 Å². The number of sulfone groups is 1. The van der Waals surface area contributed by atoms with Crippen molar-refractivity contribution in [2.24, 2.45) is 4.99 Å². The lowest BCUT2D eigenvalue weighted by atomic mass is 10.2. The number of rotatable bonds is 9. The molecule has 0 bridgehead atoms. The first-order valence-electron chi connectivity index (χ1n) is 8.36. The third-order valence-electron chi connectivity index (χ3n) is 3.50. The molecule has 0 saturated carbocycles. The fraction of sp³-hybridized carbons (Fsp3) is 0.389. The summed E-state index contributed by atoms with van der Waals surface area (Å²) >= 11 is 1.65. The summed E-state index contributed by atoms with van der Waals surface area (Å²) in [6.07, 6.45) is 0.554. The average Bonchev–Trinajstić information content (AvgIpc) is 3.10. The molecule has 1 aromatic heterocycles. The monoisotopic (exact) mass is 507 g/mol. The lowest BCUT2D eigenvalue weighted by Gasteiger charge is -2.11. The summed E-state index contributed by atoms with van der Waals surface area (Å²) in [6, 6.07) is 11.3. The van der Waals surface area contributed by atoms with Crippen molar-refractivity contribution in [3.05, 3.63) is 58.3 Å². The molecule has 0 fully saturated rings. The molecule has 0 aliphatic rings. The van der Waals surface area contributed by atoms with Crippen molar-refractivity contribution in [3.8, 4) is 0 Å². The second-order valence-electron chi connectivity index (χ2n) is 5.68. The molecule has 0 saturated heterocycles. The largest absolute Gasteiger partial charge is 0.357 e. The molecule has 0 radical (unpaired) electrons. The molecule has 26 heavy (non-hydrogen) atoms. The molecule has 144 valence electrons. The Kier molecular flexibility index (Phi) is 10.8. The van der Waals surface area contributed by atoms with E-state index in [0.717, 1.165) is 12.1 Å². The Morgan fingerprint density at radius 3 is 2.54 bits per heavy atom. The molecular formula is C18H26IN3O2S2. The highest BCUT2D eigenvalue weighted by molar-refractivity contribution is 14.0. The van der Waals surface area contributed by atoms with Crippen LogP contribution in [0.2, 0.25) is 0 Å². The number of hydrogen-bond donors (Lipinski definition) is 2. The molecule has 5 nitrogen and oxygen atoms in total. The van der Waals surface area contributed by atoms with Gasteiger partial charge in [-0.3, -0.25) is 0 Å². The van der Waals surface area contributed by atoms with E-state index in [1.165, 1.54) is 5.56 Å². The molecule has 2 rings (SSSR count). The van der Waals surface area contributed by atoms with Crippen LogP contribution in [0.25, 0.3) is 0 Å². The average molecular weight is 507 g/mol. The third-order valence-corrected chi connectivity index (χ3v) is 5.91. The van der Waals surface area contributed by atoms with Crippen LogP contribution in [-0.2, 0) is 22.1 Å².